The van der Waals surface area contributed by atoms with Crippen LogP contribution in [-0.2, 0) is 6.42 Å². The molecule has 0 saturated carbocycles. The van der Waals surface area contributed by atoms with E-state index < -0.39 is 0 Å². The summed E-state index contributed by atoms with van der Waals surface area (Å²) in [5, 5.41) is 0.467. The first kappa shape index (κ1) is 13.4. The first-order chi connectivity index (χ1) is 9.81. The van der Waals surface area contributed by atoms with E-state index in [0.717, 1.165) is 24.8 Å². The van der Waals surface area contributed by atoms with E-state index in [1.54, 1.807) is 12.4 Å². The third-order valence-corrected chi connectivity index (χ3v) is 4.08. The van der Waals surface area contributed by atoms with Gasteiger partial charge in [0.05, 0.1) is 12.4 Å². The molecule has 1 aromatic heterocycles. The highest BCUT2D eigenvalue weighted by atomic mass is 35.5. The summed E-state index contributed by atoms with van der Waals surface area (Å²) in [7, 11) is 0. The van der Waals surface area contributed by atoms with Gasteiger partial charge in [-0.3, -0.25) is 4.98 Å². The van der Waals surface area contributed by atoms with E-state index in [1.165, 1.54) is 24.8 Å². The maximum atomic E-state index is 5.90. The maximum absolute atomic E-state index is 5.90. The lowest BCUT2D eigenvalue weighted by molar-refractivity contribution is 0.402. The molecule has 0 N–H and O–H groups in total. The van der Waals surface area contributed by atoms with E-state index in [0.29, 0.717) is 5.15 Å². The first-order valence-corrected chi connectivity index (χ1v) is 7.45. The fourth-order valence-electron chi connectivity index (χ4n) is 2.80. The molecule has 1 aliphatic rings. The highest BCUT2D eigenvalue weighted by Gasteiger charge is 2.20. The number of benzene rings is 1. The van der Waals surface area contributed by atoms with Crippen LogP contribution in [0.25, 0.3) is 0 Å². The maximum Gasteiger partial charge on any atom is 0.149 e. The summed E-state index contributed by atoms with van der Waals surface area (Å²) in [6.45, 7) is 2.07. The van der Waals surface area contributed by atoms with E-state index in [2.05, 4.69) is 45.2 Å². The normalized spacial score (nSPS) is 16.4. The molecule has 1 saturated heterocycles. The van der Waals surface area contributed by atoms with Crippen molar-refractivity contribution in [2.24, 2.45) is 5.92 Å². The highest BCUT2D eigenvalue weighted by Crippen LogP contribution is 2.24. The van der Waals surface area contributed by atoms with E-state index in [1.807, 2.05) is 0 Å². The zero-order chi connectivity index (χ0) is 13.8. The van der Waals surface area contributed by atoms with Gasteiger partial charge in [-0.25, -0.2) is 4.98 Å². The predicted octanol–water partition coefficient (Wildman–Crippen LogP) is 3.59. The average molecular weight is 288 g/mol. The van der Waals surface area contributed by atoms with Crippen LogP contribution in [0.4, 0.5) is 5.82 Å². The number of anilines is 1. The van der Waals surface area contributed by atoms with Crippen LogP contribution < -0.4 is 4.90 Å². The molecule has 1 aliphatic heterocycles. The molecule has 2 heterocycles. The molecule has 0 bridgehead atoms. The van der Waals surface area contributed by atoms with Crippen molar-refractivity contribution >= 4 is 17.4 Å². The summed E-state index contributed by atoms with van der Waals surface area (Å²) in [5.41, 5.74) is 1.44. The summed E-state index contributed by atoms with van der Waals surface area (Å²) < 4.78 is 0. The minimum absolute atomic E-state index is 0.467. The first-order valence-electron chi connectivity index (χ1n) is 7.07. The molecule has 0 spiro atoms. The lowest BCUT2D eigenvalue weighted by atomic mass is 9.90. The van der Waals surface area contributed by atoms with Crippen LogP contribution in [0, 0.1) is 5.92 Å². The van der Waals surface area contributed by atoms with Gasteiger partial charge in [0.2, 0.25) is 0 Å². The number of aromatic nitrogens is 2. The van der Waals surface area contributed by atoms with Crippen molar-refractivity contribution in [3.05, 3.63) is 53.4 Å². The molecule has 104 valence electrons. The monoisotopic (exact) mass is 287 g/mol. The van der Waals surface area contributed by atoms with Crippen molar-refractivity contribution < 1.29 is 0 Å². The zero-order valence-corrected chi connectivity index (χ0v) is 12.1. The second-order valence-corrected chi connectivity index (χ2v) is 5.71. The number of nitrogens with zero attached hydrogens (tertiary/aromatic N) is 3. The lowest BCUT2D eigenvalue weighted by Gasteiger charge is -2.32. The molecule has 1 fully saturated rings. The molecule has 2 aromatic rings. The van der Waals surface area contributed by atoms with Crippen LogP contribution in [-0.4, -0.2) is 23.1 Å². The highest BCUT2D eigenvalue weighted by molar-refractivity contribution is 6.29. The quantitative estimate of drug-likeness (QED) is 0.864. The van der Waals surface area contributed by atoms with Crippen molar-refractivity contribution in [1.29, 1.82) is 0 Å². The van der Waals surface area contributed by atoms with Crippen molar-refractivity contribution in [2.45, 2.75) is 19.3 Å². The molecule has 0 unspecified atom stereocenters. The molecular weight excluding hydrogens is 270 g/mol. The van der Waals surface area contributed by atoms with Crippen molar-refractivity contribution in [3.8, 4) is 0 Å². The Hall–Kier alpha value is -1.61. The number of hydrogen-bond acceptors (Lipinski definition) is 3. The molecule has 20 heavy (non-hydrogen) atoms. The summed E-state index contributed by atoms with van der Waals surface area (Å²) in [4.78, 5) is 10.7. The Morgan fingerprint density at radius 3 is 2.55 bits per heavy atom. The fourth-order valence-corrected chi connectivity index (χ4v) is 2.94. The average Bonchev–Trinajstić information content (AvgIpc) is 2.49. The van der Waals surface area contributed by atoms with E-state index in [9.17, 15) is 0 Å². The molecule has 0 radical (unpaired) electrons. The Bertz CT molecular complexity index is 551. The molecule has 1 aromatic carbocycles. The summed E-state index contributed by atoms with van der Waals surface area (Å²) >= 11 is 5.90. The summed E-state index contributed by atoms with van der Waals surface area (Å²) in [5.74, 6) is 1.66. The third-order valence-electron chi connectivity index (χ3n) is 3.90. The SMILES string of the molecule is Clc1cncc(N2CCC(Cc3ccccc3)CC2)n1. The van der Waals surface area contributed by atoms with Gasteiger partial charge in [-0.1, -0.05) is 41.9 Å². The Morgan fingerprint density at radius 2 is 1.85 bits per heavy atom. The fraction of sp³-hybridized carbons (Fsp3) is 0.375. The van der Waals surface area contributed by atoms with Gasteiger partial charge in [-0.05, 0) is 30.7 Å². The predicted molar refractivity (Wildman–Crippen MR) is 82.1 cm³/mol. The lowest BCUT2D eigenvalue weighted by Crippen LogP contribution is -2.34. The summed E-state index contributed by atoms with van der Waals surface area (Å²) in [6.07, 6.45) is 6.94. The Labute approximate surface area is 124 Å². The summed E-state index contributed by atoms with van der Waals surface area (Å²) in [6, 6.07) is 10.7. The minimum atomic E-state index is 0.467. The molecule has 4 heteroatoms. The van der Waals surface area contributed by atoms with Gasteiger partial charge < -0.3 is 4.90 Å². The van der Waals surface area contributed by atoms with Gasteiger partial charge in [0, 0.05) is 13.1 Å². The van der Waals surface area contributed by atoms with Gasteiger partial charge in [-0.2, -0.15) is 0 Å². The number of rotatable bonds is 3. The smallest absolute Gasteiger partial charge is 0.149 e. The van der Waals surface area contributed by atoms with Crippen molar-refractivity contribution in [3.63, 3.8) is 0 Å². The third kappa shape index (κ3) is 3.28. The second kappa shape index (κ2) is 6.23. The minimum Gasteiger partial charge on any atom is -0.355 e. The van der Waals surface area contributed by atoms with Crippen molar-refractivity contribution in [1.82, 2.24) is 9.97 Å². The van der Waals surface area contributed by atoms with Crippen molar-refractivity contribution in [2.75, 3.05) is 18.0 Å². The second-order valence-electron chi connectivity index (χ2n) is 5.32. The Balaban J connectivity index is 1.57. The van der Waals surface area contributed by atoms with Crippen LogP contribution in [0.3, 0.4) is 0 Å². The van der Waals surface area contributed by atoms with Crippen LogP contribution in [0.15, 0.2) is 42.7 Å². The van der Waals surface area contributed by atoms with E-state index in [4.69, 9.17) is 11.6 Å². The molecule has 0 aliphatic carbocycles. The Kier molecular flexibility index (Phi) is 4.16. The van der Waals surface area contributed by atoms with Gasteiger partial charge in [0.1, 0.15) is 11.0 Å². The topological polar surface area (TPSA) is 29.0 Å². The molecule has 3 nitrogen and oxygen atoms in total. The molecule has 3 rings (SSSR count). The Morgan fingerprint density at radius 1 is 1.10 bits per heavy atom. The van der Waals surface area contributed by atoms with Crippen LogP contribution in [0.5, 0.6) is 0 Å². The van der Waals surface area contributed by atoms with Gasteiger partial charge in [-0.15, -0.1) is 0 Å². The van der Waals surface area contributed by atoms with E-state index >= 15 is 0 Å². The number of halogens is 1. The number of hydrogen-bond donors (Lipinski definition) is 0. The zero-order valence-electron chi connectivity index (χ0n) is 11.4. The number of piperidine rings is 1. The molecule has 0 amide bonds. The van der Waals surface area contributed by atoms with Gasteiger partial charge in [0.15, 0.2) is 0 Å². The van der Waals surface area contributed by atoms with Crippen LogP contribution in [0.1, 0.15) is 18.4 Å². The molecule has 0 atom stereocenters. The van der Waals surface area contributed by atoms with Crippen LogP contribution in [0.2, 0.25) is 5.15 Å². The van der Waals surface area contributed by atoms with E-state index in [-0.39, 0.29) is 0 Å². The standard InChI is InChI=1S/C16H18ClN3/c17-15-11-18-12-16(19-15)20-8-6-14(7-9-20)10-13-4-2-1-3-5-13/h1-5,11-12,14H,6-10H2. The van der Waals surface area contributed by atoms with Gasteiger partial charge >= 0.3 is 0 Å². The van der Waals surface area contributed by atoms with Crippen LogP contribution >= 0.6 is 11.6 Å². The largest absolute Gasteiger partial charge is 0.355 e. The van der Waals surface area contributed by atoms with Gasteiger partial charge in [0.25, 0.3) is 0 Å². The molecular formula is C16H18ClN3.